The second-order valence-corrected chi connectivity index (χ2v) is 2.13. The number of carboxylic acids is 1. The average Bonchev–Trinajstić information content (AvgIpc) is 1.83. The van der Waals surface area contributed by atoms with Crippen LogP contribution in [0.15, 0.2) is 0 Å². The number of carbonyl (C=O) groups is 1. The zero-order valence-corrected chi connectivity index (χ0v) is 5.84. The molecule has 4 heteroatoms. The Hall–Kier alpha value is -0.220. The van der Waals surface area contributed by atoms with Crippen LogP contribution in [0.5, 0.6) is 0 Å². The Kier molecular flexibility index (Phi) is 4.53. The van der Waals surface area contributed by atoms with Gasteiger partial charge in [-0.15, -0.1) is 0 Å². The van der Waals surface area contributed by atoms with Crippen molar-refractivity contribution in [3.05, 3.63) is 0 Å². The molecule has 0 aliphatic carbocycles. The SMILES string of the molecule is O=C(O)CCC(O)CS. The van der Waals surface area contributed by atoms with Gasteiger partial charge in [0.2, 0.25) is 0 Å². The first kappa shape index (κ1) is 8.78. The Balaban J connectivity index is 3.16. The Labute approximate surface area is 59.1 Å². The predicted octanol–water partition coefficient (Wildman–Crippen LogP) is 0.142. The summed E-state index contributed by atoms with van der Waals surface area (Å²) in [4.78, 5) is 9.88. The van der Waals surface area contributed by atoms with E-state index in [4.69, 9.17) is 10.2 Å². The van der Waals surface area contributed by atoms with Gasteiger partial charge >= 0.3 is 5.97 Å². The van der Waals surface area contributed by atoms with Crippen LogP contribution in [0.25, 0.3) is 0 Å². The summed E-state index contributed by atoms with van der Waals surface area (Å²) in [7, 11) is 0. The molecule has 0 heterocycles. The minimum Gasteiger partial charge on any atom is -0.481 e. The lowest BCUT2D eigenvalue weighted by Crippen LogP contribution is -2.10. The summed E-state index contributed by atoms with van der Waals surface area (Å²) < 4.78 is 0. The molecule has 0 amide bonds. The molecule has 0 rings (SSSR count). The van der Waals surface area contributed by atoms with Crippen molar-refractivity contribution in [2.45, 2.75) is 18.9 Å². The third kappa shape index (κ3) is 5.65. The number of carboxylic acid groups (broad SMARTS) is 1. The number of hydrogen-bond donors (Lipinski definition) is 3. The van der Waals surface area contributed by atoms with Gasteiger partial charge < -0.3 is 10.2 Å². The van der Waals surface area contributed by atoms with E-state index in [-0.39, 0.29) is 6.42 Å². The Morgan fingerprint density at radius 2 is 2.22 bits per heavy atom. The summed E-state index contributed by atoms with van der Waals surface area (Å²) in [5.74, 6) is -0.552. The average molecular weight is 150 g/mol. The molecule has 0 aromatic carbocycles. The molecule has 0 aliphatic rings. The standard InChI is InChI=1S/C5H10O3S/c6-4(3-9)1-2-5(7)8/h4,6,9H,1-3H2,(H,7,8). The summed E-state index contributed by atoms with van der Waals surface area (Å²) in [5, 5.41) is 16.9. The van der Waals surface area contributed by atoms with Gasteiger partial charge in [-0.25, -0.2) is 0 Å². The van der Waals surface area contributed by atoms with E-state index in [2.05, 4.69) is 12.6 Å². The number of aliphatic hydroxyl groups is 1. The van der Waals surface area contributed by atoms with Crippen LogP contribution in [0.1, 0.15) is 12.8 Å². The van der Waals surface area contributed by atoms with Gasteiger partial charge in [0.15, 0.2) is 0 Å². The molecular formula is C5H10O3S. The highest BCUT2D eigenvalue weighted by atomic mass is 32.1. The van der Waals surface area contributed by atoms with Crippen molar-refractivity contribution in [3.8, 4) is 0 Å². The number of aliphatic hydroxyl groups excluding tert-OH is 1. The molecule has 1 atom stereocenters. The van der Waals surface area contributed by atoms with Crippen molar-refractivity contribution in [1.29, 1.82) is 0 Å². The lowest BCUT2D eigenvalue weighted by molar-refractivity contribution is -0.137. The van der Waals surface area contributed by atoms with Crippen LogP contribution < -0.4 is 0 Å². The molecule has 0 aromatic heterocycles. The Morgan fingerprint density at radius 1 is 1.67 bits per heavy atom. The lowest BCUT2D eigenvalue weighted by Gasteiger charge is -2.02. The first-order valence-corrected chi connectivity index (χ1v) is 3.30. The van der Waals surface area contributed by atoms with E-state index in [1.54, 1.807) is 0 Å². The van der Waals surface area contributed by atoms with E-state index in [1.165, 1.54) is 0 Å². The zero-order valence-electron chi connectivity index (χ0n) is 4.95. The van der Waals surface area contributed by atoms with Gasteiger partial charge in [0.1, 0.15) is 0 Å². The molecule has 0 saturated carbocycles. The maximum atomic E-state index is 9.88. The maximum absolute atomic E-state index is 9.88. The molecule has 3 nitrogen and oxygen atoms in total. The normalized spacial score (nSPS) is 13.1. The molecule has 0 saturated heterocycles. The highest BCUT2D eigenvalue weighted by molar-refractivity contribution is 7.80. The van der Waals surface area contributed by atoms with Crippen LogP contribution >= 0.6 is 12.6 Å². The first-order valence-electron chi connectivity index (χ1n) is 2.67. The van der Waals surface area contributed by atoms with E-state index in [1.807, 2.05) is 0 Å². The molecule has 54 valence electrons. The van der Waals surface area contributed by atoms with Gasteiger partial charge in [-0.1, -0.05) is 0 Å². The lowest BCUT2D eigenvalue weighted by atomic mass is 10.2. The fourth-order valence-electron chi connectivity index (χ4n) is 0.381. The molecule has 9 heavy (non-hydrogen) atoms. The van der Waals surface area contributed by atoms with Crippen LogP contribution in [0.2, 0.25) is 0 Å². The molecule has 0 spiro atoms. The van der Waals surface area contributed by atoms with E-state index >= 15 is 0 Å². The van der Waals surface area contributed by atoms with Gasteiger partial charge in [-0.2, -0.15) is 12.6 Å². The Bertz CT molecular complexity index is 94.2. The largest absolute Gasteiger partial charge is 0.481 e. The summed E-state index contributed by atoms with van der Waals surface area (Å²) >= 11 is 3.77. The number of aliphatic carboxylic acids is 1. The van der Waals surface area contributed by atoms with Crippen molar-refractivity contribution in [2.75, 3.05) is 5.75 Å². The summed E-state index contributed by atoms with van der Waals surface area (Å²) in [6.45, 7) is 0. The second kappa shape index (κ2) is 4.64. The fraction of sp³-hybridized carbons (Fsp3) is 0.800. The van der Waals surface area contributed by atoms with Crippen molar-refractivity contribution in [3.63, 3.8) is 0 Å². The zero-order chi connectivity index (χ0) is 7.28. The van der Waals surface area contributed by atoms with Gasteiger partial charge in [0.25, 0.3) is 0 Å². The molecule has 0 aliphatic heterocycles. The van der Waals surface area contributed by atoms with Gasteiger partial charge in [-0.3, -0.25) is 4.79 Å². The molecule has 0 fully saturated rings. The van der Waals surface area contributed by atoms with Crippen LogP contribution in [0, 0.1) is 0 Å². The van der Waals surface area contributed by atoms with E-state index in [9.17, 15) is 4.79 Å². The monoisotopic (exact) mass is 150 g/mol. The maximum Gasteiger partial charge on any atom is 0.303 e. The van der Waals surface area contributed by atoms with Crippen LogP contribution in [-0.4, -0.2) is 28.0 Å². The molecule has 0 aromatic rings. The summed E-state index contributed by atoms with van der Waals surface area (Å²) in [5.41, 5.74) is 0. The van der Waals surface area contributed by atoms with E-state index in [0.29, 0.717) is 12.2 Å². The van der Waals surface area contributed by atoms with Gasteiger partial charge in [0.05, 0.1) is 6.10 Å². The van der Waals surface area contributed by atoms with Crippen molar-refractivity contribution in [2.24, 2.45) is 0 Å². The van der Waals surface area contributed by atoms with Crippen molar-refractivity contribution < 1.29 is 15.0 Å². The van der Waals surface area contributed by atoms with Gasteiger partial charge in [-0.05, 0) is 6.42 Å². The molecule has 0 radical (unpaired) electrons. The third-order valence-corrected chi connectivity index (χ3v) is 1.32. The molecular weight excluding hydrogens is 140 g/mol. The van der Waals surface area contributed by atoms with Gasteiger partial charge in [0, 0.05) is 12.2 Å². The molecule has 0 bridgehead atoms. The number of hydrogen-bond acceptors (Lipinski definition) is 3. The summed E-state index contributed by atoms with van der Waals surface area (Å²) in [6, 6.07) is 0. The van der Waals surface area contributed by atoms with Crippen LogP contribution in [-0.2, 0) is 4.79 Å². The Morgan fingerprint density at radius 3 is 2.56 bits per heavy atom. The van der Waals surface area contributed by atoms with E-state index in [0.717, 1.165) is 0 Å². The van der Waals surface area contributed by atoms with Crippen molar-refractivity contribution in [1.82, 2.24) is 0 Å². The minimum absolute atomic E-state index is 0.0156. The molecule has 1 unspecified atom stereocenters. The van der Waals surface area contributed by atoms with Crippen LogP contribution in [0.4, 0.5) is 0 Å². The number of rotatable bonds is 4. The topological polar surface area (TPSA) is 57.5 Å². The number of thiol groups is 1. The second-order valence-electron chi connectivity index (χ2n) is 1.77. The highest BCUT2D eigenvalue weighted by Gasteiger charge is 2.03. The third-order valence-electron chi connectivity index (χ3n) is 0.902. The smallest absolute Gasteiger partial charge is 0.303 e. The molecule has 2 N–H and O–H groups in total. The van der Waals surface area contributed by atoms with Crippen molar-refractivity contribution >= 4 is 18.6 Å². The predicted molar refractivity (Wildman–Crippen MR) is 36.7 cm³/mol. The van der Waals surface area contributed by atoms with Crippen LogP contribution in [0.3, 0.4) is 0 Å². The van der Waals surface area contributed by atoms with E-state index < -0.39 is 12.1 Å². The quantitative estimate of drug-likeness (QED) is 0.500. The summed E-state index contributed by atoms with van der Waals surface area (Å²) in [6.07, 6.45) is -0.273. The highest BCUT2D eigenvalue weighted by Crippen LogP contribution is 1.97. The fourth-order valence-corrected chi connectivity index (χ4v) is 0.564. The first-order chi connectivity index (χ1) is 4.16. The minimum atomic E-state index is -0.879.